The van der Waals surface area contributed by atoms with Crippen molar-refractivity contribution in [1.29, 1.82) is 0 Å². The van der Waals surface area contributed by atoms with Crippen LogP contribution in [0.25, 0.3) is 0 Å². The molecule has 0 saturated carbocycles. The summed E-state index contributed by atoms with van der Waals surface area (Å²) in [5.41, 5.74) is 0.628. The molecule has 2 heterocycles. The largest absolute Gasteiger partial charge is 0.378 e. The van der Waals surface area contributed by atoms with Gasteiger partial charge in [0.15, 0.2) is 0 Å². The fraction of sp³-hybridized carbons (Fsp3) is 0.667. The van der Waals surface area contributed by atoms with Crippen LogP contribution < -0.4 is 5.56 Å². The average Bonchev–Trinajstić information content (AvgIpc) is 2.38. The maximum atomic E-state index is 12.0. The molecule has 0 bridgehead atoms. The smallest absolute Gasteiger partial charge is 0.264 e. The van der Waals surface area contributed by atoms with E-state index in [1.807, 2.05) is 22.6 Å². The summed E-state index contributed by atoms with van der Waals surface area (Å²) < 4.78 is 5.72. The molecular weight excluding hydrogens is 359 g/mol. The second-order valence-electron chi connectivity index (χ2n) is 4.90. The van der Waals surface area contributed by atoms with E-state index in [4.69, 9.17) is 4.74 Å². The first-order valence-electron chi connectivity index (χ1n) is 6.19. The minimum absolute atomic E-state index is 0.0840. The van der Waals surface area contributed by atoms with Gasteiger partial charge in [-0.2, -0.15) is 0 Å². The molecule has 106 valence electrons. The van der Waals surface area contributed by atoms with E-state index in [9.17, 15) is 4.79 Å². The van der Waals surface area contributed by atoms with E-state index in [2.05, 4.69) is 33.9 Å². The van der Waals surface area contributed by atoms with Gasteiger partial charge in [0.25, 0.3) is 5.56 Å². The Balaban J connectivity index is 2.36. The van der Waals surface area contributed by atoms with Gasteiger partial charge < -0.3 is 14.6 Å². The van der Waals surface area contributed by atoms with E-state index in [1.54, 1.807) is 7.11 Å². The second kappa shape index (κ2) is 6.29. The van der Waals surface area contributed by atoms with Crippen LogP contribution in [0.15, 0.2) is 4.79 Å². The predicted octanol–water partition coefficient (Wildman–Crippen LogP) is 0.439. The van der Waals surface area contributed by atoms with Crippen LogP contribution in [0, 0.1) is 3.57 Å². The lowest BCUT2D eigenvalue weighted by molar-refractivity contribution is 0.108. The van der Waals surface area contributed by atoms with Crippen molar-refractivity contribution in [2.75, 3.05) is 40.8 Å². The number of aromatic amines is 1. The fourth-order valence-electron chi connectivity index (χ4n) is 2.22. The highest BCUT2D eigenvalue weighted by Gasteiger charge is 2.26. The molecule has 1 saturated heterocycles. The van der Waals surface area contributed by atoms with Gasteiger partial charge in [-0.15, -0.1) is 0 Å². The molecule has 0 aliphatic carbocycles. The quantitative estimate of drug-likeness (QED) is 0.774. The second-order valence-corrected chi connectivity index (χ2v) is 5.98. The van der Waals surface area contributed by atoms with Crippen molar-refractivity contribution in [2.24, 2.45) is 0 Å². The number of likely N-dealkylation sites (N-methyl/N-ethyl adjacent to an activating group) is 2. The molecule has 1 aromatic heterocycles. The van der Waals surface area contributed by atoms with Gasteiger partial charge in [0.05, 0.1) is 18.3 Å². The minimum Gasteiger partial charge on any atom is -0.378 e. The lowest BCUT2D eigenvalue weighted by atomic mass is 10.1. The summed E-state index contributed by atoms with van der Waals surface area (Å²) in [6.07, 6.45) is 0. The standard InChI is InChI=1S/C12H19IN4O2/c1-16-4-5-17(2)9(6-16)11-14-8(7-19-3)10(13)12(18)15-11/h9H,4-7H2,1-3H3,(H,14,15,18). The topological polar surface area (TPSA) is 61.5 Å². The summed E-state index contributed by atoms with van der Waals surface area (Å²) in [4.78, 5) is 23.9. The van der Waals surface area contributed by atoms with Gasteiger partial charge in [0.1, 0.15) is 9.39 Å². The third-order valence-corrected chi connectivity index (χ3v) is 4.51. The van der Waals surface area contributed by atoms with Gasteiger partial charge in [-0.1, -0.05) is 0 Å². The molecule has 19 heavy (non-hydrogen) atoms. The number of piperazine rings is 1. The summed E-state index contributed by atoms with van der Waals surface area (Å²) >= 11 is 2.01. The molecule has 7 heteroatoms. The molecule has 1 aromatic rings. The average molecular weight is 378 g/mol. The van der Waals surface area contributed by atoms with Crippen LogP contribution in [0.4, 0.5) is 0 Å². The molecule has 1 atom stereocenters. The van der Waals surface area contributed by atoms with Crippen LogP contribution in [0.1, 0.15) is 17.6 Å². The van der Waals surface area contributed by atoms with Crippen LogP contribution >= 0.6 is 22.6 Å². The molecule has 2 rings (SSSR count). The van der Waals surface area contributed by atoms with Crippen LogP contribution in [-0.4, -0.2) is 60.6 Å². The van der Waals surface area contributed by atoms with Gasteiger partial charge >= 0.3 is 0 Å². The Morgan fingerprint density at radius 3 is 2.89 bits per heavy atom. The first-order valence-corrected chi connectivity index (χ1v) is 7.27. The Labute approximate surface area is 126 Å². The number of ether oxygens (including phenoxy) is 1. The summed E-state index contributed by atoms with van der Waals surface area (Å²) in [6, 6.07) is 0.124. The number of hydrogen-bond acceptors (Lipinski definition) is 5. The van der Waals surface area contributed by atoms with Crippen LogP contribution in [0.2, 0.25) is 0 Å². The van der Waals surface area contributed by atoms with Gasteiger partial charge in [-0.25, -0.2) is 4.98 Å². The van der Waals surface area contributed by atoms with Crippen molar-refractivity contribution in [1.82, 2.24) is 19.8 Å². The number of methoxy groups -OCH3 is 1. The highest BCUT2D eigenvalue weighted by molar-refractivity contribution is 14.1. The predicted molar refractivity (Wildman–Crippen MR) is 81.2 cm³/mol. The fourth-order valence-corrected chi connectivity index (χ4v) is 2.63. The summed E-state index contributed by atoms with van der Waals surface area (Å²) in [5, 5.41) is 0. The third kappa shape index (κ3) is 3.33. The Hall–Kier alpha value is -0.510. The van der Waals surface area contributed by atoms with Crippen molar-refractivity contribution in [2.45, 2.75) is 12.6 Å². The number of aromatic nitrogens is 2. The van der Waals surface area contributed by atoms with E-state index >= 15 is 0 Å². The van der Waals surface area contributed by atoms with Crippen molar-refractivity contribution in [3.63, 3.8) is 0 Å². The summed E-state index contributed by atoms with van der Waals surface area (Å²) in [7, 11) is 5.76. The minimum atomic E-state index is -0.0840. The van der Waals surface area contributed by atoms with Gasteiger partial charge in [-0.05, 0) is 36.7 Å². The molecule has 1 unspecified atom stereocenters. The number of H-pyrrole nitrogens is 1. The molecule has 0 radical (unpaired) electrons. The molecule has 1 aliphatic rings. The Kier molecular flexibility index (Phi) is 4.93. The number of nitrogens with zero attached hydrogens (tertiary/aromatic N) is 3. The van der Waals surface area contributed by atoms with E-state index in [-0.39, 0.29) is 11.6 Å². The number of rotatable bonds is 3. The zero-order chi connectivity index (χ0) is 14.0. The molecule has 0 spiro atoms. The van der Waals surface area contributed by atoms with Crippen LogP contribution in [0.3, 0.4) is 0 Å². The van der Waals surface area contributed by atoms with Crippen molar-refractivity contribution >= 4 is 22.6 Å². The number of halogens is 1. The van der Waals surface area contributed by atoms with Gasteiger partial charge in [-0.3, -0.25) is 9.69 Å². The Morgan fingerprint density at radius 1 is 1.47 bits per heavy atom. The molecule has 1 aliphatic heterocycles. The summed E-state index contributed by atoms with van der Waals surface area (Å²) in [6.45, 7) is 3.23. The normalized spacial score (nSPS) is 21.8. The van der Waals surface area contributed by atoms with E-state index in [1.165, 1.54) is 0 Å². The SMILES string of the molecule is COCc1nc(C2CN(C)CCN2C)[nH]c(=O)c1I. The van der Waals surface area contributed by atoms with Crippen LogP contribution in [0.5, 0.6) is 0 Å². The lowest BCUT2D eigenvalue weighted by Gasteiger charge is -2.37. The molecule has 1 N–H and O–H groups in total. The van der Waals surface area contributed by atoms with E-state index in [0.717, 1.165) is 25.5 Å². The zero-order valence-corrected chi connectivity index (χ0v) is 13.6. The van der Waals surface area contributed by atoms with Crippen molar-refractivity contribution in [3.8, 4) is 0 Å². The highest BCUT2D eigenvalue weighted by Crippen LogP contribution is 2.20. The maximum absolute atomic E-state index is 12.0. The number of hydrogen-bond donors (Lipinski definition) is 1. The molecule has 1 fully saturated rings. The number of nitrogens with one attached hydrogen (secondary N) is 1. The summed E-state index contributed by atoms with van der Waals surface area (Å²) in [5.74, 6) is 0.728. The molecule has 6 nitrogen and oxygen atoms in total. The van der Waals surface area contributed by atoms with Gasteiger partial charge in [0.2, 0.25) is 0 Å². The Morgan fingerprint density at radius 2 is 2.21 bits per heavy atom. The lowest BCUT2D eigenvalue weighted by Crippen LogP contribution is -2.46. The zero-order valence-electron chi connectivity index (χ0n) is 11.4. The highest BCUT2D eigenvalue weighted by atomic mass is 127. The maximum Gasteiger partial charge on any atom is 0.264 e. The van der Waals surface area contributed by atoms with E-state index in [0.29, 0.717) is 15.9 Å². The van der Waals surface area contributed by atoms with Crippen molar-refractivity contribution in [3.05, 3.63) is 25.4 Å². The first-order chi connectivity index (χ1) is 9.02. The van der Waals surface area contributed by atoms with Crippen LogP contribution in [-0.2, 0) is 11.3 Å². The first kappa shape index (κ1) is 14.9. The molecular formula is C12H19IN4O2. The van der Waals surface area contributed by atoms with E-state index < -0.39 is 0 Å². The molecule has 0 aromatic carbocycles. The molecule has 0 amide bonds. The Bertz CT molecular complexity index is 505. The monoisotopic (exact) mass is 378 g/mol. The third-order valence-electron chi connectivity index (χ3n) is 3.40. The van der Waals surface area contributed by atoms with Crippen molar-refractivity contribution < 1.29 is 4.74 Å². The van der Waals surface area contributed by atoms with Gasteiger partial charge in [0, 0.05) is 26.7 Å².